The first-order chi connectivity index (χ1) is 17.0. The molecule has 11 heteroatoms. The highest BCUT2D eigenvalue weighted by atomic mass is 79.9. The standard InChI is InChI=1S/C24H18BrFN6O2S/c25-18-7-8-21(20(11-18)23(34)31-28-12-15-3-2-6-19(26)10-15)30-22(33)17-5-1-4-16(9-17)13-35-24-27-14-29-32-24/h1-12,14H,13H2,(H,30,33)(H,31,34)(H,27,29,32). The third-order valence-electron chi connectivity index (χ3n) is 4.65. The molecule has 0 radical (unpaired) electrons. The minimum Gasteiger partial charge on any atom is -0.321 e. The number of anilines is 1. The number of rotatable bonds is 8. The van der Waals surface area contributed by atoms with E-state index in [1.54, 1.807) is 48.5 Å². The van der Waals surface area contributed by atoms with Gasteiger partial charge in [-0.2, -0.15) is 5.10 Å². The Morgan fingerprint density at radius 3 is 2.74 bits per heavy atom. The second-order valence-electron chi connectivity index (χ2n) is 7.17. The van der Waals surface area contributed by atoms with Crippen LogP contribution < -0.4 is 10.7 Å². The Labute approximate surface area is 212 Å². The van der Waals surface area contributed by atoms with Crippen molar-refractivity contribution in [1.82, 2.24) is 20.6 Å². The number of aromatic nitrogens is 3. The van der Waals surface area contributed by atoms with E-state index in [2.05, 4.69) is 47.0 Å². The molecule has 0 aliphatic rings. The van der Waals surface area contributed by atoms with E-state index in [9.17, 15) is 14.0 Å². The van der Waals surface area contributed by atoms with E-state index < -0.39 is 11.7 Å². The third-order valence-corrected chi connectivity index (χ3v) is 6.08. The number of hydrazone groups is 1. The Balaban J connectivity index is 1.45. The van der Waals surface area contributed by atoms with Gasteiger partial charge in [0.1, 0.15) is 12.1 Å². The number of carbonyl (C=O) groups is 2. The maximum atomic E-state index is 13.3. The lowest BCUT2D eigenvalue weighted by atomic mass is 10.1. The molecule has 0 aliphatic heterocycles. The van der Waals surface area contributed by atoms with E-state index >= 15 is 0 Å². The van der Waals surface area contributed by atoms with Gasteiger partial charge in [-0.15, -0.1) is 5.10 Å². The van der Waals surface area contributed by atoms with Crippen LogP contribution in [-0.4, -0.2) is 33.2 Å². The molecule has 0 atom stereocenters. The van der Waals surface area contributed by atoms with Crippen molar-refractivity contribution in [2.45, 2.75) is 10.9 Å². The van der Waals surface area contributed by atoms with Gasteiger partial charge in [0.05, 0.1) is 17.5 Å². The second-order valence-corrected chi connectivity index (χ2v) is 9.03. The van der Waals surface area contributed by atoms with Gasteiger partial charge in [0.25, 0.3) is 11.8 Å². The highest BCUT2D eigenvalue weighted by Gasteiger charge is 2.15. The first-order valence-electron chi connectivity index (χ1n) is 10.3. The Hall–Kier alpha value is -3.83. The Morgan fingerprint density at radius 1 is 1.09 bits per heavy atom. The van der Waals surface area contributed by atoms with E-state index in [0.29, 0.717) is 32.2 Å². The summed E-state index contributed by atoms with van der Waals surface area (Å²) in [7, 11) is 0. The second kappa shape index (κ2) is 11.5. The molecule has 0 unspecified atom stereocenters. The van der Waals surface area contributed by atoms with Gasteiger partial charge in [0.15, 0.2) is 0 Å². The zero-order valence-corrected chi connectivity index (χ0v) is 20.4. The van der Waals surface area contributed by atoms with Crippen LogP contribution in [0.25, 0.3) is 0 Å². The molecule has 176 valence electrons. The number of halogens is 2. The lowest BCUT2D eigenvalue weighted by Gasteiger charge is -2.11. The van der Waals surface area contributed by atoms with Gasteiger partial charge in [-0.1, -0.05) is 52.0 Å². The van der Waals surface area contributed by atoms with Crippen molar-refractivity contribution in [2.24, 2.45) is 5.10 Å². The molecular weight excluding hydrogens is 535 g/mol. The topological polar surface area (TPSA) is 112 Å². The van der Waals surface area contributed by atoms with Gasteiger partial charge in [0.2, 0.25) is 5.16 Å². The molecule has 0 fully saturated rings. The molecule has 0 saturated heterocycles. The fourth-order valence-corrected chi connectivity index (χ4v) is 4.12. The average molecular weight is 553 g/mol. The van der Waals surface area contributed by atoms with Gasteiger partial charge < -0.3 is 5.32 Å². The monoisotopic (exact) mass is 552 g/mol. The van der Waals surface area contributed by atoms with Crippen LogP contribution in [0.2, 0.25) is 0 Å². The van der Waals surface area contributed by atoms with Gasteiger partial charge in [-0.25, -0.2) is 14.8 Å². The van der Waals surface area contributed by atoms with Crippen LogP contribution in [-0.2, 0) is 5.75 Å². The SMILES string of the molecule is O=C(Nc1ccc(Br)cc1C(=O)NN=Cc1cccc(F)c1)c1cccc(CSc2nc[nH]n2)c1. The summed E-state index contributed by atoms with van der Waals surface area (Å²) in [6, 6.07) is 17.9. The number of aromatic amines is 1. The van der Waals surface area contributed by atoms with Crippen molar-refractivity contribution in [2.75, 3.05) is 5.32 Å². The van der Waals surface area contributed by atoms with Crippen LogP contribution in [0.5, 0.6) is 0 Å². The van der Waals surface area contributed by atoms with Crippen LogP contribution in [0, 0.1) is 5.82 Å². The number of hydrogen-bond acceptors (Lipinski definition) is 6. The molecule has 35 heavy (non-hydrogen) atoms. The number of carbonyl (C=O) groups excluding carboxylic acids is 2. The lowest BCUT2D eigenvalue weighted by Crippen LogP contribution is -2.21. The van der Waals surface area contributed by atoms with E-state index in [4.69, 9.17) is 0 Å². The first-order valence-corrected chi connectivity index (χ1v) is 12.0. The van der Waals surface area contributed by atoms with Crippen LogP contribution in [0.1, 0.15) is 31.8 Å². The van der Waals surface area contributed by atoms with Crippen molar-refractivity contribution >= 4 is 51.4 Å². The quantitative estimate of drug-likeness (QED) is 0.161. The fourth-order valence-electron chi connectivity index (χ4n) is 3.04. The van der Waals surface area contributed by atoms with Crippen molar-refractivity contribution in [3.05, 3.63) is 106 Å². The molecule has 8 nitrogen and oxygen atoms in total. The maximum Gasteiger partial charge on any atom is 0.273 e. The van der Waals surface area contributed by atoms with Gasteiger partial charge in [-0.3, -0.25) is 14.7 Å². The highest BCUT2D eigenvalue weighted by molar-refractivity contribution is 9.10. The molecule has 4 aromatic rings. The van der Waals surface area contributed by atoms with Gasteiger partial charge >= 0.3 is 0 Å². The largest absolute Gasteiger partial charge is 0.321 e. The Morgan fingerprint density at radius 2 is 1.94 bits per heavy atom. The van der Waals surface area contributed by atoms with Crippen LogP contribution in [0.3, 0.4) is 0 Å². The highest BCUT2D eigenvalue weighted by Crippen LogP contribution is 2.23. The predicted molar refractivity (Wildman–Crippen MR) is 136 cm³/mol. The number of H-pyrrole nitrogens is 1. The minimum atomic E-state index is -0.536. The molecular formula is C24H18BrFN6O2S. The summed E-state index contributed by atoms with van der Waals surface area (Å²) in [4.78, 5) is 29.8. The number of amides is 2. The zero-order valence-electron chi connectivity index (χ0n) is 18.0. The minimum absolute atomic E-state index is 0.209. The molecule has 4 rings (SSSR count). The van der Waals surface area contributed by atoms with E-state index in [1.165, 1.54) is 36.4 Å². The molecule has 0 saturated carbocycles. The number of thioether (sulfide) groups is 1. The summed E-state index contributed by atoms with van der Waals surface area (Å²) >= 11 is 4.79. The summed E-state index contributed by atoms with van der Waals surface area (Å²) in [5.41, 5.74) is 4.79. The molecule has 0 spiro atoms. The number of hydrogen-bond donors (Lipinski definition) is 3. The molecule has 1 aromatic heterocycles. The molecule has 1 heterocycles. The van der Waals surface area contributed by atoms with E-state index in [0.717, 1.165) is 5.56 Å². The summed E-state index contributed by atoms with van der Waals surface area (Å²) < 4.78 is 14.0. The molecule has 0 aliphatic carbocycles. The maximum absolute atomic E-state index is 13.3. The first kappa shape index (κ1) is 24.3. The van der Waals surface area contributed by atoms with Crippen molar-refractivity contribution in [3.63, 3.8) is 0 Å². The fraction of sp³-hybridized carbons (Fsp3) is 0.0417. The zero-order chi connectivity index (χ0) is 24.6. The molecule has 3 N–H and O–H groups in total. The summed E-state index contributed by atoms with van der Waals surface area (Å²) in [5.74, 6) is -0.716. The Bertz CT molecular complexity index is 1380. The van der Waals surface area contributed by atoms with Crippen LogP contribution in [0.4, 0.5) is 10.1 Å². The summed E-state index contributed by atoms with van der Waals surface area (Å²) in [6.07, 6.45) is 2.84. The van der Waals surface area contributed by atoms with Crippen molar-refractivity contribution in [1.29, 1.82) is 0 Å². The number of nitrogens with one attached hydrogen (secondary N) is 3. The van der Waals surface area contributed by atoms with Gasteiger partial charge in [0, 0.05) is 15.8 Å². The number of nitrogens with zero attached hydrogens (tertiary/aromatic N) is 3. The third kappa shape index (κ3) is 6.84. The van der Waals surface area contributed by atoms with Crippen molar-refractivity contribution < 1.29 is 14.0 Å². The number of benzene rings is 3. The smallest absolute Gasteiger partial charge is 0.273 e. The normalized spacial score (nSPS) is 10.9. The molecule has 3 aromatic carbocycles. The predicted octanol–water partition coefficient (Wildman–Crippen LogP) is 5.01. The van der Waals surface area contributed by atoms with Crippen LogP contribution in [0.15, 0.2) is 87.8 Å². The Kier molecular flexibility index (Phi) is 8.01. The lowest BCUT2D eigenvalue weighted by molar-refractivity contribution is 0.0956. The average Bonchev–Trinajstić information content (AvgIpc) is 3.38. The van der Waals surface area contributed by atoms with Crippen LogP contribution >= 0.6 is 27.7 Å². The molecule has 0 bridgehead atoms. The summed E-state index contributed by atoms with van der Waals surface area (Å²) in [6.45, 7) is 0. The molecule has 2 amide bonds. The van der Waals surface area contributed by atoms with Crippen molar-refractivity contribution in [3.8, 4) is 0 Å². The van der Waals surface area contributed by atoms with Gasteiger partial charge in [-0.05, 0) is 53.6 Å². The summed E-state index contributed by atoms with van der Waals surface area (Å²) in [5, 5.41) is 13.9. The van der Waals surface area contributed by atoms with E-state index in [1.807, 2.05) is 6.07 Å². The van der Waals surface area contributed by atoms with E-state index in [-0.39, 0.29) is 11.5 Å².